The molecule has 0 aliphatic carbocycles. The Bertz CT molecular complexity index is 702. The molecule has 168 valence electrons. The normalized spacial score (nSPS) is 34.2. The molecule has 3 aliphatic heterocycles. The third kappa shape index (κ3) is 4.98. The summed E-state index contributed by atoms with van der Waals surface area (Å²) in [6.07, 6.45) is 0.507. The molecule has 3 saturated heterocycles. The Morgan fingerprint density at radius 1 is 0.967 bits per heavy atom. The molecule has 4 rings (SSSR count). The topological polar surface area (TPSA) is 64.6 Å². The van der Waals surface area contributed by atoms with Gasteiger partial charge in [-0.15, -0.1) is 0 Å². The molecule has 0 amide bonds. The molecule has 7 heteroatoms. The zero-order chi connectivity index (χ0) is 21.4. The van der Waals surface area contributed by atoms with Crippen molar-refractivity contribution in [2.75, 3.05) is 13.2 Å². The van der Waals surface area contributed by atoms with Crippen LogP contribution in [0.25, 0.3) is 0 Å². The van der Waals surface area contributed by atoms with Crippen LogP contribution < -0.4 is 4.74 Å². The molecule has 0 bridgehead atoms. The van der Waals surface area contributed by atoms with E-state index < -0.39 is 17.9 Å². The van der Waals surface area contributed by atoms with E-state index in [1.807, 2.05) is 52.0 Å². The van der Waals surface area contributed by atoms with Gasteiger partial charge >= 0.3 is 0 Å². The monoisotopic (exact) mass is 422 g/mol. The molecule has 3 fully saturated rings. The van der Waals surface area contributed by atoms with Gasteiger partial charge in [0.15, 0.2) is 17.9 Å². The maximum absolute atomic E-state index is 6.32. The lowest BCUT2D eigenvalue weighted by molar-refractivity contribution is -0.236. The SMILES string of the molecule is CCCCOc1ccc(CO[C@@H]2[C@H]3OC(C)(C)O[C@H]3O[C@@H]2[C@@H]2COC(C)(C)O2)cc1. The van der Waals surface area contributed by atoms with Crippen LogP contribution >= 0.6 is 0 Å². The molecular formula is C23H34O7. The fraction of sp³-hybridized carbons (Fsp3) is 0.739. The van der Waals surface area contributed by atoms with Crippen LogP contribution in [0, 0.1) is 0 Å². The lowest BCUT2D eigenvalue weighted by atomic mass is 10.1. The summed E-state index contributed by atoms with van der Waals surface area (Å²) in [6, 6.07) is 8.01. The van der Waals surface area contributed by atoms with E-state index in [1.54, 1.807) is 0 Å². The number of unbranched alkanes of at least 4 members (excludes halogenated alkanes) is 1. The number of ether oxygens (including phenoxy) is 7. The third-order valence-electron chi connectivity index (χ3n) is 5.56. The molecule has 0 unspecified atom stereocenters. The summed E-state index contributed by atoms with van der Waals surface area (Å²) in [5.74, 6) is -0.460. The van der Waals surface area contributed by atoms with Crippen LogP contribution in [0.4, 0.5) is 0 Å². The lowest BCUT2D eigenvalue weighted by Gasteiger charge is -2.29. The van der Waals surface area contributed by atoms with Gasteiger partial charge in [-0.25, -0.2) is 0 Å². The van der Waals surface area contributed by atoms with Gasteiger partial charge in [0.25, 0.3) is 0 Å². The van der Waals surface area contributed by atoms with Crippen LogP contribution in [0.2, 0.25) is 0 Å². The first-order valence-corrected chi connectivity index (χ1v) is 10.9. The molecule has 0 spiro atoms. The van der Waals surface area contributed by atoms with Crippen molar-refractivity contribution in [3.63, 3.8) is 0 Å². The highest BCUT2D eigenvalue weighted by atomic mass is 16.8. The first-order valence-electron chi connectivity index (χ1n) is 10.9. The van der Waals surface area contributed by atoms with Crippen molar-refractivity contribution in [1.29, 1.82) is 0 Å². The predicted molar refractivity (Wildman–Crippen MR) is 109 cm³/mol. The Hall–Kier alpha value is -1.22. The van der Waals surface area contributed by atoms with Crippen LogP contribution in [0.15, 0.2) is 24.3 Å². The fourth-order valence-electron chi connectivity index (χ4n) is 4.08. The van der Waals surface area contributed by atoms with Crippen molar-refractivity contribution in [3.05, 3.63) is 29.8 Å². The number of hydrogen-bond acceptors (Lipinski definition) is 7. The molecule has 3 aliphatic rings. The van der Waals surface area contributed by atoms with E-state index in [1.165, 1.54) is 0 Å². The molecule has 0 aromatic heterocycles. The van der Waals surface area contributed by atoms with E-state index in [0.29, 0.717) is 13.2 Å². The minimum Gasteiger partial charge on any atom is -0.494 e. The van der Waals surface area contributed by atoms with Gasteiger partial charge in [-0.3, -0.25) is 0 Å². The van der Waals surface area contributed by atoms with E-state index in [2.05, 4.69) is 6.92 Å². The maximum atomic E-state index is 6.32. The Morgan fingerprint density at radius 3 is 2.40 bits per heavy atom. The van der Waals surface area contributed by atoms with Crippen molar-refractivity contribution >= 4 is 0 Å². The number of hydrogen-bond donors (Lipinski definition) is 0. The highest BCUT2D eigenvalue weighted by Crippen LogP contribution is 2.42. The van der Waals surface area contributed by atoms with Crippen LogP contribution in [-0.4, -0.2) is 55.5 Å². The van der Waals surface area contributed by atoms with Crippen LogP contribution in [0.3, 0.4) is 0 Å². The molecule has 0 radical (unpaired) electrons. The van der Waals surface area contributed by atoms with E-state index in [0.717, 1.165) is 30.8 Å². The second-order valence-electron chi connectivity index (χ2n) is 9.06. The second kappa shape index (κ2) is 8.73. The van der Waals surface area contributed by atoms with E-state index in [9.17, 15) is 0 Å². The Balaban J connectivity index is 1.40. The van der Waals surface area contributed by atoms with Gasteiger partial charge in [-0.05, 0) is 51.8 Å². The average molecular weight is 423 g/mol. The van der Waals surface area contributed by atoms with Crippen LogP contribution in [-0.2, 0) is 35.0 Å². The lowest BCUT2D eigenvalue weighted by Crippen LogP contribution is -2.44. The number of rotatable bonds is 8. The molecule has 0 saturated carbocycles. The standard InChI is InChI=1S/C23H34O7/c1-6-7-12-24-16-10-8-15(9-11-16)13-25-19-18(17-14-26-22(2,3)28-17)27-21-20(19)29-23(4,5)30-21/h8-11,17-21H,6-7,12-14H2,1-5H3/t17-,18+,19-,20+,21+/m0/s1. The van der Waals surface area contributed by atoms with Gasteiger partial charge in [0.1, 0.15) is 30.2 Å². The van der Waals surface area contributed by atoms with E-state index in [4.69, 9.17) is 33.2 Å². The molecule has 7 nitrogen and oxygen atoms in total. The minimum atomic E-state index is -0.703. The predicted octanol–water partition coefficient (Wildman–Crippen LogP) is 3.78. The van der Waals surface area contributed by atoms with Crippen molar-refractivity contribution in [2.24, 2.45) is 0 Å². The minimum absolute atomic E-state index is 0.236. The summed E-state index contributed by atoms with van der Waals surface area (Å²) in [7, 11) is 0. The summed E-state index contributed by atoms with van der Waals surface area (Å²) < 4.78 is 42.0. The van der Waals surface area contributed by atoms with Crippen molar-refractivity contribution < 1.29 is 33.2 Å². The van der Waals surface area contributed by atoms with Gasteiger partial charge < -0.3 is 33.2 Å². The van der Waals surface area contributed by atoms with Gasteiger partial charge in [-0.2, -0.15) is 0 Å². The summed E-state index contributed by atoms with van der Waals surface area (Å²) in [5, 5.41) is 0. The largest absolute Gasteiger partial charge is 0.494 e. The second-order valence-corrected chi connectivity index (χ2v) is 9.06. The molecule has 30 heavy (non-hydrogen) atoms. The summed E-state index contributed by atoms with van der Waals surface area (Å²) >= 11 is 0. The first-order chi connectivity index (χ1) is 14.3. The quantitative estimate of drug-likeness (QED) is 0.591. The molecule has 1 aromatic carbocycles. The van der Waals surface area contributed by atoms with E-state index in [-0.39, 0.29) is 24.4 Å². The van der Waals surface area contributed by atoms with Gasteiger partial charge in [0.05, 0.1) is 19.8 Å². The Morgan fingerprint density at radius 2 is 1.73 bits per heavy atom. The molecule has 0 N–H and O–H groups in total. The van der Waals surface area contributed by atoms with E-state index >= 15 is 0 Å². The molecule has 3 heterocycles. The zero-order valence-electron chi connectivity index (χ0n) is 18.6. The number of fused-ring (bicyclic) bond motifs is 1. The Kier molecular flexibility index (Phi) is 6.40. The maximum Gasteiger partial charge on any atom is 0.190 e. The summed E-state index contributed by atoms with van der Waals surface area (Å²) in [6.45, 7) is 11.3. The van der Waals surface area contributed by atoms with Gasteiger partial charge in [0, 0.05) is 0 Å². The smallest absolute Gasteiger partial charge is 0.190 e. The van der Waals surface area contributed by atoms with Gasteiger partial charge in [-0.1, -0.05) is 25.5 Å². The molecule has 5 atom stereocenters. The average Bonchev–Trinajstić information content (AvgIpc) is 3.30. The van der Waals surface area contributed by atoms with Crippen LogP contribution in [0.1, 0.15) is 53.0 Å². The highest BCUT2D eigenvalue weighted by Gasteiger charge is 2.58. The molecular weight excluding hydrogens is 388 g/mol. The molecule has 1 aromatic rings. The van der Waals surface area contributed by atoms with Gasteiger partial charge in [0.2, 0.25) is 0 Å². The van der Waals surface area contributed by atoms with Crippen molar-refractivity contribution in [1.82, 2.24) is 0 Å². The van der Waals surface area contributed by atoms with Crippen LogP contribution in [0.5, 0.6) is 5.75 Å². The number of benzene rings is 1. The highest BCUT2D eigenvalue weighted by molar-refractivity contribution is 5.26. The fourth-order valence-corrected chi connectivity index (χ4v) is 4.08. The zero-order valence-corrected chi connectivity index (χ0v) is 18.6. The Labute approximate surface area is 178 Å². The van der Waals surface area contributed by atoms with Crippen molar-refractivity contribution in [3.8, 4) is 5.75 Å². The first kappa shape index (κ1) is 22.0. The third-order valence-corrected chi connectivity index (χ3v) is 5.56. The summed E-state index contributed by atoms with van der Waals surface area (Å²) in [5.41, 5.74) is 1.06. The van der Waals surface area contributed by atoms with Crippen molar-refractivity contribution in [2.45, 2.75) is 96.3 Å². The summed E-state index contributed by atoms with van der Waals surface area (Å²) in [4.78, 5) is 0.